The fourth-order valence-corrected chi connectivity index (χ4v) is 2.68. The first-order valence-corrected chi connectivity index (χ1v) is 9.89. The Morgan fingerprint density at radius 3 is 1.82 bits per heavy atom. The highest BCUT2D eigenvalue weighted by Crippen LogP contribution is 2.58. The van der Waals surface area contributed by atoms with E-state index < -0.39 is 87.3 Å². The molecule has 1 atom stereocenters. The van der Waals surface area contributed by atoms with Crippen LogP contribution in [0.15, 0.2) is 12.1 Å². The maximum Gasteiger partial charge on any atom is 0.514 e. The minimum absolute atomic E-state index is 0.0422. The number of rotatable bonds is 12. The van der Waals surface area contributed by atoms with Gasteiger partial charge in [0.25, 0.3) is 5.69 Å². The predicted octanol–water partition coefficient (Wildman–Crippen LogP) is 6.97. The molecule has 1 aromatic rings. The van der Waals surface area contributed by atoms with Gasteiger partial charge in [0.2, 0.25) is 5.75 Å². The van der Waals surface area contributed by atoms with Crippen LogP contribution in [0.3, 0.4) is 0 Å². The lowest BCUT2D eigenvalue weighted by molar-refractivity contribution is -0.414. The van der Waals surface area contributed by atoms with Crippen molar-refractivity contribution in [2.75, 3.05) is 6.61 Å². The van der Waals surface area contributed by atoms with Crippen LogP contribution in [0.1, 0.15) is 31.7 Å². The molecule has 222 valence electrons. The summed E-state index contributed by atoms with van der Waals surface area (Å²) in [5.74, 6) is -39.2. The van der Waals surface area contributed by atoms with Gasteiger partial charge in [0, 0.05) is 11.6 Å². The summed E-state index contributed by atoms with van der Waals surface area (Å²) < 4.78 is 166. The van der Waals surface area contributed by atoms with Crippen LogP contribution in [0, 0.1) is 20.2 Å². The Bertz CT molecular complexity index is 1110. The molecule has 9 nitrogen and oxygen atoms in total. The average molecular weight is 598 g/mol. The molecule has 0 radical (unpaired) electrons. The third-order valence-electron chi connectivity index (χ3n) is 5.13. The number of nitro benzene ring substituents is 2. The van der Waals surface area contributed by atoms with Gasteiger partial charge in [0.05, 0.1) is 15.9 Å². The monoisotopic (exact) mass is 598 g/mol. The standard InChI is InChI=1S/C18H14F12N2O7/c1-3-7(2)9-4-8(31(34)35)5-10(32(36)37)11(9)39-13(33)38-6-14(21,22)16(25,26)18(29,30)17(27,28)15(23,24)12(19)20/h4-5,7,12H,3,6H2,1-2H3. The highest BCUT2D eigenvalue weighted by molar-refractivity contribution is 5.70. The zero-order valence-corrected chi connectivity index (χ0v) is 19.0. The molecule has 0 aromatic heterocycles. The molecule has 0 saturated carbocycles. The second kappa shape index (κ2) is 10.9. The van der Waals surface area contributed by atoms with Gasteiger partial charge in [0.15, 0.2) is 6.61 Å². The molecule has 39 heavy (non-hydrogen) atoms. The lowest BCUT2D eigenvalue weighted by atomic mass is 9.94. The number of nitro groups is 2. The van der Waals surface area contributed by atoms with Crippen LogP contribution >= 0.6 is 0 Å². The van der Waals surface area contributed by atoms with Gasteiger partial charge in [-0.1, -0.05) is 13.8 Å². The Morgan fingerprint density at radius 2 is 1.41 bits per heavy atom. The number of nitrogens with zero attached hydrogens (tertiary/aromatic N) is 2. The van der Waals surface area contributed by atoms with Gasteiger partial charge in [0.1, 0.15) is 0 Å². The first-order valence-electron chi connectivity index (χ1n) is 9.89. The molecule has 0 aliphatic heterocycles. The molecule has 0 fully saturated rings. The molecule has 0 aliphatic rings. The van der Waals surface area contributed by atoms with Crippen LogP contribution in [-0.4, -0.2) is 58.6 Å². The molecule has 0 heterocycles. The van der Waals surface area contributed by atoms with Crippen LogP contribution in [-0.2, 0) is 4.74 Å². The molecular formula is C18H14F12N2O7. The van der Waals surface area contributed by atoms with Crippen molar-refractivity contribution in [3.8, 4) is 5.75 Å². The van der Waals surface area contributed by atoms with E-state index in [0.29, 0.717) is 6.07 Å². The van der Waals surface area contributed by atoms with Crippen molar-refractivity contribution in [1.29, 1.82) is 0 Å². The zero-order chi connectivity index (χ0) is 30.9. The van der Waals surface area contributed by atoms with Crippen LogP contribution in [0.5, 0.6) is 5.75 Å². The van der Waals surface area contributed by atoms with Gasteiger partial charge in [-0.2, -0.15) is 43.9 Å². The summed E-state index contributed by atoms with van der Waals surface area (Å²) in [7, 11) is 0. The Hall–Kier alpha value is -3.55. The minimum Gasteiger partial charge on any atom is -0.427 e. The number of benzene rings is 1. The maximum atomic E-state index is 13.8. The van der Waals surface area contributed by atoms with Crippen molar-refractivity contribution >= 4 is 17.5 Å². The Labute approximate surface area is 207 Å². The third kappa shape index (κ3) is 5.89. The first kappa shape index (κ1) is 33.5. The molecule has 0 aliphatic carbocycles. The van der Waals surface area contributed by atoms with Crippen molar-refractivity contribution < 1.29 is 76.8 Å². The summed E-state index contributed by atoms with van der Waals surface area (Å²) in [6.45, 7) is -0.620. The Morgan fingerprint density at radius 1 is 0.897 bits per heavy atom. The topological polar surface area (TPSA) is 122 Å². The fraction of sp³-hybridized carbons (Fsp3) is 0.611. The maximum absolute atomic E-state index is 13.8. The fourth-order valence-electron chi connectivity index (χ4n) is 2.68. The second-order valence-corrected chi connectivity index (χ2v) is 7.70. The van der Waals surface area contributed by atoms with E-state index in [9.17, 15) is 77.7 Å². The number of halogens is 12. The SMILES string of the molecule is CCC(C)c1cc([N+](=O)[O-])cc([N+](=O)[O-])c1OC(=O)OCC(F)(F)C(F)(F)C(F)(F)C(F)(F)C(F)(F)C(F)F. The summed E-state index contributed by atoms with van der Waals surface area (Å²) >= 11 is 0. The van der Waals surface area contributed by atoms with Crippen molar-refractivity contribution in [3.05, 3.63) is 37.9 Å². The lowest BCUT2D eigenvalue weighted by Crippen LogP contribution is -2.69. The smallest absolute Gasteiger partial charge is 0.427 e. The minimum atomic E-state index is -7.86. The lowest BCUT2D eigenvalue weighted by Gasteiger charge is -2.38. The molecule has 0 saturated heterocycles. The molecule has 1 rings (SSSR count). The average Bonchev–Trinajstić information content (AvgIpc) is 2.81. The zero-order valence-electron chi connectivity index (χ0n) is 19.0. The molecule has 0 amide bonds. The number of carbonyl (C=O) groups is 1. The first-order chi connectivity index (χ1) is 17.4. The van der Waals surface area contributed by atoms with Gasteiger partial charge in [-0.05, 0) is 12.3 Å². The van der Waals surface area contributed by atoms with E-state index >= 15 is 0 Å². The van der Waals surface area contributed by atoms with Crippen LogP contribution in [0.25, 0.3) is 0 Å². The summed E-state index contributed by atoms with van der Waals surface area (Å²) in [6.07, 6.45) is -8.26. The number of hydrogen-bond donors (Lipinski definition) is 0. The van der Waals surface area contributed by atoms with E-state index in [1.54, 1.807) is 0 Å². The van der Waals surface area contributed by atoms with Crippen molar-refractivity contribution in [1.82, 2.24) is 0 Å². The van der Waals surface area contributed by atoms with Crippen molar-refractivity contribution in [3.63, 3.8) is 0 Å². The molecule has 0 spiro atoms. The number of ether oxygens (including phenoxy) is 2. The van der Waals surface area contributed by atoms with E-state index in [1.807, 2.05) is 0 Å². The molecular weight excluding hydrogens is 584 g/mol. The second-order valence-electron chi connectivity index (χ2n) is 7.70. The van der Waals surface area contributed by atoms with Crippen molar-refractivity contribution in [2.45, 2.75) is 62.2 Å². The highest BCUT2D eigenvalue weighted by Gasteiger charge is 2.87. The van der Waals surface area contributed by atoms with Gasteiger partial charge >= 0.3 is 47.9 Å². The number of hydrogen-bond acceptors (Lipinski definition) is 7. The third-order valence-corrected chi connectivity index (χ3v) is 5.13. The normalized spacial score (nSPS) is 14.2. The van der Waals surface area contributed by atoms with E-state index in [0.717, 1.165) is 0 Å². The molecule has 0 N–H and O–H groups in total. The summed E-state index contributed by atoms with van der Waals surface area (Å²) in [5.41, 5.74) is -2.77. The van der Waals surface area contributed by atoms with Gasteiger partial charge in [-0.15, -0.1) is 0 Å². The number of carbonyl (C=O) groups excluding carboxylic acids is 1. The molecule has 0 bridgehead atoms. The summed E-state index contributed by atoms with van der Waals surface area (Å²) in [4.78, 5) is 31.6. The van der Waals surface area contributed by atoms with Crippen LogP contribution in [0.4, 0.5) is 68.9 Å². The summed E-state index contributed by atoms with van der Waals surface area (Å²) in [5, 5.41) is 22.3. The predicted molar refractivity (Wildman–Crippen MR) is 101 cm³/mol. The summed E-state index contributed by atoms with van der Waals surface area (Å²) in [6, 6.07) is 0.863. The molecule has 1 aromatic carbocycles. The van der Waals surface area contributed by atoms with E-state index in [-0.39, 0.29) is 12.5 Å². The van der Waals surface area contributed by atoms with Gasteiger partial charge in [-0.25, -0.2) is 13.6 Å². The van der Waals surface area contributed by atoms with Gasteiger partial charge in [-0.3, -0.25) is 20.2 Å². The number of alkyl halides is 12. The van der Waals surface area contributed by atoms with E-state index in [4.69, 9.17) is 0 Å². The number of non-ortho nitro benzene ring substituents is 1. The highest BCUT2D eigenvalue weighted by atomic mass is 19.4. The quantitative estimate of drug-likeness (QED) is 0.0837. The Kier molecular flexibility index (Phi) is 9.36. The Balaban J connectivity index is 3.36. The van der Waals surface area contributed by atoms with Crippen LogP contribution < -0.4 is 4.74 Å². The van der Waals surface area contributed by atoms with Crippen molar-refractivity contribution in [2.24, 2.45) is 0 Å². The molecule has 1 unspecified atom stereocenters. The van der Waals surface area contributed by atoms with Gasteiger partial charge < -0.3 is 9.47 Å². The van der Waals surface area contributed by atoms with Crippen LogP contribution in [0.2, 0.25) is 0 Å². The largest absolute Gasteiger partial charge is 0.514 e. The van der Waals surface area contributed by atoms with E-state index in [2.05, 4.69) is 9.47 Å². The van der Waals surface area contributed by atoms with E-state index in [1.165, 1.54) is 13.8 Å². The molecule has 21 heteroatoms.